The Balaban J connectivity index is 3.19. The third-order valence-electron chi connectivity index (χ3n) is 2.34. The van der Waals surface area contributed by atoms with Crippen LogP contribution in [0.3, 0.4) is 0 Å². The van der Waals surface area contributed by atoms with Crippen LogP contribution in [0.15, 0.2) is 23.4 Å². The molecule has 0 spiro atoms. The average Bonchev–Trinajstić information content (AvgIpc) is 2.07. The standard InChI is InChI=1S/C12H17NO/c1-9-5-6-11(12(2,3)4)7-10(9)8-13-14/h5-8,14H,1-4H3/b13-8+. The molecule has 1 aromatic carbocycles. The summed E-state index contributed by atoms with van der Waals surface area (Å²) in [6.07, 6.45) is 1.48. The van der Waals surface area contributed by atoms with Gasteiger partial charge in [-0.25, -0.2) is 0 Å². The smallest absolute Gasteiger partial charge is 0.0736 e. The molecule has 0 saturated heterocycles. The van der Waals surface area contributed by atoms with Crippen LogP contribution in [0.2, 0.25) is 0 Å². The van der Waals surface area contributed by atoms with Gasteiger partial charge >= 0.3 is 0 Å². The van der Waals surface area contributed by atoms with E-state index in [-0.39, 0.29) is 5.41 Å². The van der Waals surface area contributed by atoms with Crippen LogP contribution < -0.4 is 0 Å². The van der Waals surface area contributed by atoms with Crippen LogP contribution in [-0.2, 0) is 5.41 Å². The van der Waals surface area contributed by atoms with Gasteiger partial charge in [-0.15, -0.1) is 0 Å². The maximum absolute atomic E-state index is 8.51. The molecule has 1 rings (SSSR count). The highest BCUT2D eigenvalue weighted by Crippen LogP contribution is 2.23. The maximum atomic E-state index is 8.51. The second-order valence-electron chi connectivity index (χ2n) is 4.57. The quantitative estimate of drug-likeness (QED) is 0.413. The summed E-state index contributed by atoms with van der Waals surface area (Å²) >= 11 is 0. The number of oxime groups is 1. The van der Waals surface area contributed by atoms with Gasteiger partial charge in [-0.2, -0.15) is 0 Å². The van der Waals surface area contributed by atoms with Crippen molar-refractivity contribution < 1.29 is 5.21 Å². The molecule has 0 bridgehead atoms. The Hall–Kier alpha value is -1.31. The minimum absolute atomic E-state index is 0.131. The van der Waals surface area contributed by atoms with Gasteiger partial charge in [-0.3, -0.25) is 0 Å². The monoisotopic (exact) mass is 191 g/mol. The fourth-order valence-corrected chi connectivity index (χ4v) is 1.31. The fraction of sp³-hybridized carbons (Fsp3) is 0.417. The molecule has 1 aromatic rings. The number of nitrogens with zero attached hydrogens (tertiary/aromatic N) is 1. The largest absolute Gasteiger partial charge is 0.411 e. The second kappa shape index (κ2) is 3.82. The molecule has 0 atom stereocenters. The Bertz CT molecular complexity index is 348. The van der Waals surface area contributed by atoms with E-state index in [1.54, 1.807) is 0 Å². The zero-order chi connectivity index (χ0) is 10.8. The summed E-state index contributed by atoms with van der Waals surface area (Å²) in [6, 6.07) is 6.23. The molecule has 0 radical (unpaired) electrons. The van der Waals surface area contributed by atoms with Crippen molar-refractivity contribution in [1.82, 2.24) is 0 Å². The summed E-state index contributed by atoms with van der Waals surface area (Å²) in [4.78, 5) is 0. The van der Waals surface area contributed by atoms with Crippen LogP contribution in [0.4, 0.5) is 0 Å². The molecule has 2 nitrogen and oxygen atoms in total. The number of benzene rings is 1. The van der Waals surface area contributed by atoms with Gasteiger partial charge in [-0.05, 0) is 35.1 Å². The van der Waals surface area contributed by atoms with Crippen molar-refractivity contribution in [2.24, 2.45) is 5.16 Å². The van der Waals surface area contributed by atoms with Gasteiger partial charge in [0.1, 0.15) is 0 Å². The van der Waals surface area contributed by atoms with Gasteiger partial charge in [0.15, 0.2) is 0 Å². The Labute approximate surface area is 85.3 Å². The number of rotatable bonds is 1. The van der Waals surface area contributed by atoms with Gasteiger partial charge in [0, 0.05) is 0 Å². The van der Waals surface area contributed by atoms with Crippen molar-refractivity contribution in [3.05, 3.63) is 34.9 Å². The minimum atomic E-state index is 0.131. The number of aryl methyl sites for hydroxylation is 1. The van der Waals surface area contributed by atoms with E-state index in [4.69, 9.17) is 5.21 Å². The Kier molecular flexibility index (Phi) is 2.94. The van der Waals surface area contributed by atoms with Crippen molar-refractivity contribution in [1.29, 1.82) is 0 Å². The maximum Gasteiger partial charge on any atom is 0.0736 e. The first kappa shape index (κ1) is 10.8. The zero-order valence-corrected chi connectivity index (χ0v) is 9.20. The van der Waals surface area contributed by atoms with Crippen molar-refractivity contribution in [2.75, 3.05) is 0 Å². The molecule has 0 aliphatic carbocycles. The molecule has 0 fully saturated rings. The van der Waals surface area contributed by atoms with Gasteiger partial charge in [0.2, 0.25) is 0 Å². The molecule has 0 heterocycles. The van der Waals surface area contributed by atoms with Gasteiger partial charge < -0.3 is 5.21 Å². The summed E-state index contributed by atoms with van der Waals surface area (Å²) in [5.74, 6) is 0. The van der Waals surface area contributed by atoms with E-state index in [2.05, 4.69) is 44.1 Å². The summed E-state index contributed by atoms with van der Waals surface area (Å²) in [5.41, 5.74) is 3.47. The lowest BCUT2D eigenvalue weighted by Crippen LogP contribution is -2.11. The SMILES string of the molecule is Cc1ccc(C(C)(C)C)cc1/C=N/O. The Morgan fingerprint density at radius 2 is 1.93 bits per heavy atom. The lowest BCUT2D eigenvalue weighted by Gasteiger charge is -2.19. The topological polar surface area (TPSA) is 32.6 Å². The van der Waals surface area contributed by atoms with Crippen LogP contribution in [0, 0.1) is 6.92 Å². The molecular formula is C12H17NO. The van der Waals surface area contributed by atoms with Crippen molar-refractivity contribution in [3.63, 3.8) is 0 Å². The van der Waals surface area contributed by atoms with Crippen LogP contribution in [-0.4, -0.2) is 11.4 Å². The van der Waals surface area contributed by atoms with Crippen LogP contribution in [0.5, 0.6) is 0 Å². The number of hydrogen-bond donors (Lipinski definition) is 1. The first-order valence-corrected chi connectivity index (χ1v) is 4.73. The molecule has 0 amide bonds. The predicted octanol–water partition coefficient (Wildman–Crippen LogP) is 3.10. The summed E-state index contributed by atoms with van der Waals surface area (Å²) in [5, 5.41) is 11.6. The normalized spacial score (nSPS) is 12.3. The minimum Gasteiger partial charge on any atom is -0.411 e. The summed E-state index contributed by atoms with van der Waals surface area (Å²) in [6.45, 7) is 8.50. The highest BCUT2D eigenvalue weighted by Gasteiger charge is 2.13. The third kappa shape index (κ3) is 2.34. The van der Waals surface area contributed by atoms with E-state index < -0.39 is 0 Å². The molecule has 0 aliphatic rings. The van der Waals surface area contributed by atoms with E-state index >= 15 is 0 Å². The molecular weight excluding hydrogens is 174 g/mol. The molecule has 0 aromatic heterocycles. The van der Waals surface area contributed by atoms with Crippen molar-refractivity contribution in [3.8, 4) is 0 Å². The summed E-state index contributed by atoms with van der Waals surface area (Å²) < 4.78 is 0. The average molecular weight is 191 g/mol. The second-order valence-corrected chi connectivity index (χ2v) is 4.57. The molecule has 0 saturated carbocycles. The Morgan fingerprint density at radius 1 is 1.29 bits per heavy atom. The van der Waals surface area contributed by atoms with E-state index in [0.717, 1.165) is 11.1 Å². The molecule has 0 unspecified atom stereocenters. The van der Waals surface area contributed by atoms with E-state index in [1.165, 1.54) is 11.8 Å². The Morgan fingerprint density at radius 3 is 2.43 bits per heavy atom. The molecule has 0 aliphatic heterocycles. The van der Waals surface area contributed by atoms with E-state index in [1.807, 2.05) is 6.92 Å². The molecule has 14 heavy (non-hydrogen) atoms. The molecule has 76 valence electrons. The third-order valence-corrected chi connectivity index (χ3v) is 2.34. The predicted molar refractivity (Wildman–Crippen MR) is 59.3 cm³/mol. The van der Waals surface area contributed by atoms with Crippen LogP contribution >= 0.6 is 0 Å². The highest BCUT2D eigenvalue weighted by molar-refractivity contribution is 5.81. The van der Waals surface area contributed by atoms with Gasteiger partial charge in [-0.1, -0.05) is 38.1 Å². The molecule has 2 heteroatoms. The number of hydrogen-bond acceptors (Lipinski definition) is 2. The van der Waals surface area contributed by atoms with Crippen LogP contribution in [0.25, 0.3) is 0 Å². The first-order chi connectivity index (χ1) is 6.45. The van der Waals surface area contributed by atoms with E-state index in [0.29, 0.717) is 0 Å². The van der Waals surface area contributed by atoms with Gasteiger partial charge in [0.05, 0.1) is 6.21 Å². The zero-order valence-electron chi connectivity index (χ0n) is 9.20. The lowest BCUT2D eigenvalue weighted by molar-refractivity contribution is 0.322. The van der Waals surface area contributed by atoms with Crippen molar-refractivity contribution in [2.45, 2.75) is 33.1 Å². The highest BCUT2D eigenvalue weighted by atomic mass is 16.4. The van der Waals surface area contributed by atoms with E-state index in [9.17, 15) is 0 Å². The fourth-order valence-electron chi connectivity index (χ4n) is 1.31. The molecule has 1 N–H and O–H groups in total. The van der Waals surface area contributed by atoms with Crippen molar-refractivity contribution >= 4 is 6.21 Å². The van der Waals surface area contributed by atoms with Gasteiger partial charge in [0.25, 0.3) is 0 Å². The lowest BCUT2D eigenvalue weighted by atomic mass is 9.85. The first-order valence-electron chi connectivity index (χ1n) is 4.73. The summed E-state index contributed by atoms with van der Waals surface area (Å²) in [7, 11) is 0. The van der Waals surface area contributed by atoms with Crippen LogP contribution in [0.1, 0.15) is 37.5 Å².